The maximum atomic E-state index is 13.3. The van der Waals surface area contributed by atoms with Gasteiger partial charge in [0, 0.05) is 12.1 Å². The van der Waals surface area contributed by atoms with Gasteiger partial charge in [0.05, 0.1) is 23.2 Å². The quantitative estimate of drug-likeness (QED) is 0.618. The predicted molar refractivity (Wildman–Crippen MR) is 102 cm³/mol. The van der Waals surface area contributed by atoms with Crippen LogP contribution in [0.4, 0.5) is 5.69 Å². The molecule has 1 aromatic heterocycles. The molecular weight excluding hydrogens is 384 g/mol. The summed E-state index contributed by atoms with van der Waals surface area (Å²) in [4.78, 5) is 23.6. The average molecular weight is 402 g/mol. The molecule has 0 radical (unpaired) electrons. The molecule has 9 heteroatoms. The summed E-state index contributed by atoms with van der Waals surface area (Å²) in [6.45, 7) is 1.54. The molecule has 0 spiro atoms. The number of carbonyl (C=O) groups excluding carboxylic acids is 1. The highest BCUT2D eigenvalue weighted by Crippen LogP contribution is 2.36. The fourth-order valence-corrected chi connectivity index (χ4v) is 5.28. The van der Waals surface area contributed by atoms with Gasteiger partial charge in [-0.05, 0) is 37.1 Å². The van der Waals surface area contributed by atoms with Crippen LogP contribution < -0.4 is 10.1 Å². The van der Waals surface area contributed by atoms with E-state index in [9.17, 15) is 18.0 Å². The number of fused-ring (bicyclic) bond motifs is 2. The van der Waals surface area contributed by atoms with Crippen LogP contribution in [0.5, 0.6) is 0 Å². The van der Waals surface area contributed by atoms with Crippen LogP contribution in [0.3, 0.4) is 0 Å². The van der Waals surface area contributed by atoms with E-state index in [1.54, 1.807) is 12.1 Å². The molecule has 0 N–H and O–H groups in total. The number of sulfonamides is 1. The summed E-state index contributed by atoms with van der Waals surface area (Å²) in [5.41, 5.74) is 2.04. The molecule has 4 rings (SSSR count). The van der Waals surface area contributed by atoms with E-state index in [4.69, 9.17) is 4.42 Å². The Morgan fingerprint density at radius 1 is 1.25 bits per heavy atom. The van der Waals surface area contributed by atoms with Crippen LogP contribution in [0.1, 0.15) is 12.5 Å². The van der Waals surface area contributed by atoms with Gasteiger partial charge in [-0.2, -0.15) is 0 Å². The van der Waals surface area contributed by atoms with Crippen molar-refractivity contribution in [1.29, 1.82) is 0 Å². The Balaban J connectivity index is 1.79. The molecule has 1 atom stereocenters. The van der Waals surface area contributed by atoms with Crippen LogP contribution in [0, 0.1) is 0 Å². The van der Waals surface area contributed by atoms with Crippen LogP contribution in [-0.2, 0) is 32.5 Å². The first kappa shape index (κ1) is 18.3. The number of anilines is 1. The Morgan fingerprint density at radius 3 is 2.75 bits per heavy atom. The van der Waals surface area contributed by atoms with Crippen molar-refractivity contribution in [2.45, 2.75) is 30.8 Å². The highest BCUT2D eigenvalue weighted by Gasteiger charge is 2.36. The van der Waals surface area contributed by atoms with Crippen molar-refractivity contribution < 1.29 is 22.4 Å². The van der Waals surface area contributed by atoms with Crippen LogP contribution in [0.15, 0.2) is 56.6 Å². The fourth-order valence-electron chi connectivity index (χ4n) is 3.57. The molecule has 1 aliphatic heterocycles. The normalized spacial score (nSPS) is 16.4. The zero-order valence-electron chi connectivity index (χ0n) is 15.3. The minimum Gasteiger partial charge on any atom is -0.468 e. The van der Waals surface area contributed by atoms with Crippen LogP contribution in [-0.4, -0.2) is 32.1 Å². The topological polar surface area (TPSA) is 98.8 Å². The number of hydrogen-bond acceptors (Lipinski definition) is 6. The fraction of sp³-hybridized carbons (Fsp3) is 0.263. The number of methoxy groups -OCH3 is 1. The second kappa shape index (κ2) is 6.52. The number of nitrogens with zero attached hydrogens (tertiary/aromatic N) is 2. The first-order valence-corrected chi connectivity index (χ1v) is 10.1. The Morgan fingerprint density at radius 2 is 2.00 bits per heavy atom. The third-order valence-corrected chi connectivity index (χ3v) is 6.78. The van der Waals surface area contributed by atoms with Crippen molar-refractivity contribution in [2.24, 2.45) is 0 Å². The van der Waals surface area contributed by atoms with Crippen LogP contribution in [0.2, 0.25) is 0 Å². The first-order valence-electron chi connectivity index (χ1n) is 8.65. The maximum Gasteiger partial charge on any atom is 0.420 e. The molecular formula is C19H18N2O6S. The monoisotopic (exact) mass is 402 g/mol. The number of benzene rings is 2. The van der Waals surface area contributed by atoms with Gasteiger partial charge in [0.1, 0.15) is 6.54 Å². The third-order valence-electron chi connectivity index (χ3n) is 4.86. The third kappa shape index (κ3) is 2.78. The van der Waals surface area contributed by atoms with Crippen LogP contribution >= 0.6 is 0 Å². The molecule has 0 aliphatic carbocycles. The van der Waals surface area contributed by atoms with E-state index < -0.39 is 21.7 Å². The second-order valence-corrected chi connectivity index (χ2v) is 8.46. The van der Waals surface area contributed by atoms with Crippen molar-refractivity contribution in [1.82, 2.24) is 4.57 Å². The van der Waals surface area contributed by atoms with E-state index in [-0.39, 0.29) is 23.1 Å². The minimum atomic E-state index is -3.85. The molecule has 0 fully saturated rings. The predicted octanol–water partition coefficient (Wildman–Crippen LogP) is 1.91. The number of esters is 1. The van der Waals surface area contributed by atoms with Gasteiger partial charge in [-0.15, -0.1) is 0 Å². The van der Waals surface area contributed by atoms with Crippen molar-refractivity contribution in [3.8, 4) is 0 Å². The molecule has 0 unspecified atom stereocenters. The summed E-state index contributed by atoms with van der Waals surface area (Å²) >= 11 is 0. The van der Waals surface area contributed by atoms with E-state index in [1.165, 1.54) is 29.6 Å². The van der Waals surface area contributed by atoms with E-state index in [0.717, 1.165) is 10.1 Å². The molecule has 146 valence electrons. The maximum absolute atomic E-state index is 13.3. The lowest BCUT2D eigenvalue weighted by atomic mass is 10.1. The van der Waals surface area contributed by atoms with Gasteiger partial charge in [-0.1, -0.05) is 18.2 Å². The zero-order valence-corrected chi connectivity index (χ0v) is 16.1. The smallest absolute Gasteiger partial charge is 0.420 e. The lowest BCUT2D eigenvalue weighted by Gasteiger charge is -2.24. The highest BCUT2D eigenvalue weighted by atomic mass is 32.2. The number of aromatic nitrogens is 1. The summed E-state index contributed by atoms with van der Waals surface area (Å²) in [7, 11) is -2.64. The molecule has 2 heterocycles. The summed E-state index contributed by atoms with van der Waals surface area (Å²) in [6.07, 6.45) is 0.627. The molecule has 8 nitrogen and oxygen atoms in total. The average Bonchev–Trinajstić information content (AvgIpc) is 3.17. The van der Waals surface area contributed by atoms with Gasteiger partial charge < -0.3 is 9.15 Å². The molecule has 3 aromatic rings. The number of carbonyl (C=O) groups is 1. The second-order valence-electron chi connectivity index (χ2n) is 6.64. The van der Waals surface area contributed by atoms with Gasteiger partial charge in [0.15, 0.2) is 5.58 Å². The number of ether oxygens (including phenoxy) is 1. The lowest BCUT2D eigenvalue weighted by molar-refractivity contribution is -0.141. The molecule has 0 bridgehead atoms. The van der Waals surface area contributed by atoms with Gasteiger partial charge in [0.25, 0.3) is 10.0 Å². The van der Waals surface area contributed by atoms with Crippen LogP contribution in [0.25, 0.3) is 11.1 Å². The number of rotatable bonds is 4. The summed E-state index contributed by atoms with van der Waals surface area (Å²) in [6, 6.07) is 11.3. The van der Waals surface area contributed by atoms with E-state index in [1.807, 2.05) is 19.1 Å². The summed E-state index contributed by atoms with van der Waals surface area (Å²) in [5, 5.41) is 0. The number of oxazole rings is 1. The molecule has 0 saturated carbocycles. The Hall–Kier alpha value is -3.07. The van der Waals surface area contributed by atoms with Crippen molar-refractivity contribution >= 4 is 32.8 Å². The molecule has 0 saturated heterocycles. The van der Waals surface area contributed by atoms with Gasteiger partial charge in [-0.3, -0.25) is 13.7 Å². The molecule has 28 heavy (non-hydrogen) atoms. The molecule has 0 amide bonds. The van der Waals surface area contributed by atoms with Gasteiger partial charge >= 0.3 is 11.7 Å². The largest absolute Gasteiger partial charge is 0.468 e. The Labute approximate surface area is 161 Å². The number of para-hydroxylation sites is 1. The summed E-state index contributed by atoms with van der Waals surface area (Å²) < 4.78 is 38.8. The molecule has 2 aromatic carbocycles. The lowest BCUT2D eigenvalue weighted by Crippen LogP contribution is -2.35. The zero-order chi connectivity index (χ0) is 20.1. The van der Waals surface area contributed by atoms with Gasteiger partial charge in [-0.25, -0.2) is 13.2 Å². The van der Waals surface area contributed by atoms with Crippen molar-refractivity contribution in [3.05, 3.63) is 58.6 Å². The van der Waals surface area contributed by atoms with E-state index in [0.29, 0.717) is 17.6 Å². The Kier molecular flexibility index (Phi) is 4.26. The standard InChI is InChI=1S/C19H18N2O6S/c1-12-9-13-5-3-4-6-15(13)21(12)28(24,25)14-7-8-16-17(10-14)27-19(23)20(16)11-18(22)26-2/h3-8,10,12H,9,11H2,1-2H3/t12-/m1/s1. The van der Waals surface area contributed by atoms with Crippen molar-refractivity contribution in [3.63, 3.8) is 0 Å². The van der Waals surface area contributed by atoms with Crippen molar-refractivity contribution in [2.75, 3.05) is 11.4 Å². The Bertz CT molecular complexity index is 1240. The number of hydrogen-bond donors (Lipinski definition) is 0. The molecule has 1 aliphatic rings. The highest BCUT2D eigenvalue weighted by molar-refractivity contribution is 7.92. The van der Waals surface area contributed by atoms with E-state index >= 15 is 0 Å². The van der Waals surface area contributed by atoms with Gasteiger partial charge in [0.2, 0.25) is 0 Å². The summed E-state index contributed by atoms with van der Waals surface area (Å²) in [5.74, 6) is -1.36. The SMILES string of the molecule is COC(=O)Cn1c(=O)oc2cc(S(=O)(=O)N3c4ccccc4C[C@H]3C)ccc21. The first-order chi connectivity index (χ1) is 13.3. The van der Waals surface area contributed by atoms with E-state index in [2.05, 4.69) is 4.74 Å². The minimum absolute atomic E-state index is 0.0162.